The van der Waals surface area contributed by atoms with Crippen LogP contribution in [0, 0.1) is 0 Å². The summed E-state index contributed by atoms with van der Waals surface area (Å²) in [5.41, 5.74) is 0.831. The first-order chi connectivity index (χ1) is 9.40. The zero-order valence-electron chi connectivity index (χ0n) is 11.2. The number of unbranched alkanes of at least 4 members (excludes halogenated alkanes) is 1. The van der Waals surface area contributed by atoms with Gasteiger partial charge in [-0.05, 0) is 30.5 Å². The number of halogens is 2. The average molecular weight is 318 g/mol. The average Bonchev–Trinajstić information content (AvgIpc) is 2.37. The maximum atomic E-state index is 11.9. The molecule has 1 N–H and O–H groups in total. The molecule has 0 radical (unpaired) electrons. The zero-order valence-corrected chi connectivity index (χ0v) is 12.7. The minimum absolute atomic E-state index is 0.0265. The minimum atomic E-state index is -0.834. The predicted molar refractivity (Wildman–Crippen MR) is 79.0 cm³/mol. The van der Waals surface area contributed by atoms with Crippen LogP contribution in [0.4, 0.5) is 0 Å². The molecule has 20 heavy (non-hydrogen) atoms. The highest BCUT2D eigenvalue weighted by Crippen LogP contribution is 2.22. The maximum absolute atomic E-state index is 11.9. The van der Waals surface area contributed by atoms with Crippen molar-refractivity contribution in [1.29, 1.82) is 0 Å². The Morgan fingerprint density at radius 3 is 2.45 bits per heavy atom. The number of rotatable bonds is 7. The highest BCUT2D eigenvalue weighted by atomic mass is 35.5. The molecule has 4 nitrogen and oxygen atoms in total. The van der Waals surface area contributed by atoms with Crippen molar-refractivity contribution in [3.8, 4) is 0 Å². The van der Waals surface area contributed by atoms with Crippen LogP contribution in [0.2, 0.25) is 10.0 Å². The molecule has 0 aliphatic carbocycles. The number of carbonyl (C=O) groups excluding carboxylic acids is 1. The van der Waals surface area contributed by atoms with Crippen LogP contribution in [0.15, 0.2) is 18.2 Å². The smallest absolute Gasteiger partial charge is 0.303 e. The van der Waals surface area contributed by atoms with Gasteiger partial charge in [-0.15, -0.1) is 0 Å². The Balaban J connectivity index is 2.43. The van der Waals surface area contributed by atoms with Gasteiger partial charge in [0.25, 0.3) is 0 Å². The third kappa shape index (κ3) is 5.80. The fourth-order valence-electron chi connectivity index (χ4n) is 1.74. The summed E-state index contributed by atoms with van der Waals surface area (Å²) in [4.78, 5) is 23.8. The summed E-state index contributed by atoms with van der Waals surface area (Å²) in [6.07, 6.45) is 1.52. The van der Waals surface area contributed by atoms with Crippen LogP contribution >= 0.6 is 23.2 Å². The Hall–Kier alpha value is -1.26. The molecule has 0 heterocycles. The van der Waals surface area contributed by atoms with Gasteiger partial charge in [-0.2, -0.15) is 0 Å². The second kappa shape index (κ2) is 8.12. The van der Waals surface area contributed by atoms with E-state index in [2.05, 4.69) is 0 Å². The molecule has 110 valence electrons. The van der Waals surface area contributed by atoms with Gasteiger partial charge in [0.2, 0.25) is 5.91 Å². The van der Waals surface area contributed by atoms with Gasteiger partial charge in [0.15, 0.2) is 0 Å². The number of benzene rings is 1. The van der Waals surface area contributed by atoms with E-state index in [1.54, 1.807) is 30.1 Å². The monoisotopic (exact) mass is 317 g/mol. The second-order valence-corrected chi connectivity index (χ2v) is 5.43. The molecule has 1 rings (SSSR count). The van der Waals surface area contributed by atoms with E-state index in [-0.39, 0.29) is 12.3 Å². The molecule has 1 aromatic rings. The highest BCUT2D eigenvalue weighted by Gasteiger charge is 2.11. The highest BCUT2D eigenvalue weighted by molar-refractivity contribution is 6.35. The standard InChI is InChI=1S/C14H17Cl2NO3/c1-17(13(18)4-2-3-5-14(19)20)9-10-6-7-11(15)8-12(10)16/h6-8H,2-5,9H2,1H3,(H,19,20). The van der Waals surface area contributed by atoms with E-state index in [9.17, 15) is 9.59 Å². The van der Waals surface area contributed by atoms with Crippen LogP contribution in [-0.4, -0.2) is 28.9 Å². The summed E-state index contributed by atoms with van der Waals surface area (Å²) in [5, 5.41) is 9.60. The van der Waals surface area contributed by atoms with E-state index in [1.807, 2.05) is 0 Å². The molecule has 0 aliphatic heterocycles. The Morgan fingerprint density at radius 1 is 1.20 bits per heavy atom. The van der Waals surface area contributed by atoms with Crippen molar-refractivity contribution >= 4 is 35.1 Å². The van der Waals surface area contributed by atoms with Gasteiger partial charge in [-0.1, -0.05) is 29.3 Å². The van der Waals surface area contributed by atoms with E-state index in [1.165, 1.54) is 0 Å². The molecule has 0 spiro atoms. The summed E-state index contributed by atoms with van der Waals surface area (Å²) in [5.74, 6) is -0.861. The largest absolute Gasteiger partial charge is 0.481 e. The molecule has 0 bridgehead atoms. The fraction of sp³-hybridized carbons (Fsp3) is 0.429. The first-order valence-electron chi connectivity index (χ1n) is 6.30. The Morgan fingerprint density at radius 2 is 1.85 bits per heavy atom. The number of hydrogen-bond acceptors (Lipinski definition) is 2. The van der Waals surface area contributed by atoms with E-state index < -0.39 is 5.97 Å². The van der Waals surface area contributed by atoms with E-state index in [0.717, 1.165) is 5.56 Å². The number of carboxylic acids is 1. The van der Waals surface area contributed by atoms with Gasteiger partial charge in [0.1, 0.15) is 0 Å². The molecule has 0 fully saturated rings. The predicted octanol–water partition coefficient (Wildman–Crippen LogP) is 3.60. The number of amides is 1. The van der Waals surface area contributed by atoms with Crippen molar-refractivity contribution in [1.82, 2.24) is 4.90 Å². The third-order valence-electron chi connectivity index (χ3n) is 2.88. The normalized spacial score (nSPS) is 10.3. The number of carboxylic acid groups (broad SMARTS) is 1. The lowest BCUT2D eigenvalue weighted by molar-refractivity contribution is -0.137. The molecule has 1 aromatic carbocycles. The number of carbonyl (C=O) groups is 2. The third-order valence-corrected chi connectivity index (χ3v) is 3.47. The van der Waals surface area contributed by atoms with E-state index in [4.69, 9.17) is 28.3 Å². The van der Waals surface area contributed by atoms with Gasteiger partial charge in [0, 0.05) is 36.5 Å². The van der Waals surface area contributed by atoms with E-state index >= 15 is 0 Å². The fourth-order valence-corrected chi connectivity index (χ4v) is 2.21. The summed E-state index contributed by atoms with van der Waals surface area (Å²) in [6, 6.07) is 5.16. The van der Waals surface area contributed by atoms with Crippen LogP contribution in [0.5, 0.6) is 0 Å². The second-order valence-electron chi connectivity index (χ2n) is 4.59. The maximum Gasteiger partial charge on any atom is 0.303 e. The van der Waals surface area contributed by atoms with Crippen molar-refractivity contribution in [2.24, 2.45) is 0 Å². The first-order valence-corrected chi connectivity index (χ1v) is 7.05. The summed E-state index contributed by atoms with van der Waals surface area (Å²) in [7, 11) is 1.70. The first kappa shape index (κ1) is 16.8. The van der Waals surface area contributed by atoms with Crippen molar-refractivity contribution in [2.45, 2.75) is 32.2 Å². The molecule has 0 saturated heterocycles. The lowest BCUT2D eigenvalue weighted by Gasteiger charge is -2.18. The molecule has 1 amide bonds. The van der Waals surface area contributed by atoms with Crippen LogP contribution < -0.4 is 0 Å². The van der Waals surface area contributed by atoms with Gasteiger partial charge in [-0.3, -0.25) is 9.59 Å². The lowest BCUT2D eigenvalue weighted by atomic mass is 10.1. The van der Waals surface area contributed by atoms with Gasteiger partial charge in [0.05, 0.1) is 0 Å². The zero-order chi connectivity index (χ0) is 15.1. The van der Waals surface area contributed by atoms with Crippen LogP contribution in [0.1, 0.15) is 31.2 Å². The van der Waals surface area contributed by atoms with Crippen LogP contribution in [0.3, 0.4) is 0 Å². The molecular formula is C14H17Cl2NO3. The van der Waals surface area contributed by atoms with Crippen LogP contribution in [0.25, 0.3) is 0 Å². The lowest BCUT2D eigenvalue weighted by Crippen LogP contribution is -2.26. The molecule has 0 aliphatic rings. The number of hydrogen-bond donors (Lipinski definition) is 1. The molecule has 6 heteroatoms. The molecule has 0 saturated carbocycles. The van der Waals surface area contributed by atoms with Crippen LogP contribution in [-0.2, 0) is 16.1 Å². The summed E-state index contributed by atoms with van der Waals surface area (Å²) >= 11 is 11.9. The minimum Gasteiger partial charge on any atom is -0.481 e. The van der Waals surface area contributed by atoms with Crippen molar-refractivity contribution in [2.75, 3.05) is 7.05 Å². The number of aliphatic carboxylic acids is 1. The topological polar surface area (TPSA) is 57.6 Å². The Labute approximate surface area is 128 Å². The van der Waals surface area contributed by atoms with Gasteiger partial charge >= 0.3 is 5.97 Å². The molecule has 0 unspecified atom stereocenters. The summed E-state index contributed by atoms with van der Waals surface area (Å²) < 4.78 is 0. The Bertz CT molecular complexity index is 491. The Kier molecular flexibility index (Phi) is 6.82. The summed E-state index contributed by atoms with van der Waals surface area (Å²) in [6.45, 7) is 0.410. The van der Waals surface area contributed by atoms with Gasteiger partial charge in [-0.25, -0.2) is 0 Å². The van der Waals surface area contributed by atoms with Gasteiger partial charge < -0.3 is 10.0 Å². The molecule has 0 aromatic heterocycles. The van der Waals surface area contributed by atoms with Crippen molar-refractivity contribution in [3.05, 3.63) is 33.8 Å². The number of nitrogens with zero attached hydrogens (tertiary/aromatic N) is 1. The SMILES string of the molecule is CN(Cc1ccc(Cl)cc1Cl)C(=O)CCCCC(=O)O. The van der Waals surface area contributed by atoms with E-state index in [0.29, 0.717) is 35.9 Å². The van der Waals surface area contributed by atoms with Crippen molar-refractivity contribution < 1.29 is 14.7 Å². The van der Waals surface area contributed by atoms with Crippen molar-refractivity contribution in [3.63, 3.8) is 0 Å². The quantitative estimate of drug-likeness (QED) is 0.782. The molecular weight excluding hydrogens is 301 g/mol. The molecule has 0 atom stereocenters.